The van der Waals surface area contributed by atoms with Gasteiger partial charge >= 0.3 is 5.97 Å². The van der Waals surface area contributed by atoms with Crippen molar-refractivity contribution in [3.8, 4) is 0 Å². The van der Waals surface area contributed by atoms with E-state index in [4.69, 9.17) is 0 Å². The van der Waals surface area contributed by atoms with Crippen LogP contribution >= 0.6 is 11.3 Å². The Bertz CT molecular complexity index is 461. The molecule has 0 fully saturated rings. The second-order valence-corrected chi connectivity index (χ2v) is 6.51. The van der Waals surface area contributed by atoms with Crippen molar-refractivity contribution in [3.05, 3.63) is 34.0 Å². The third-order valence-corrected chi connectivity index (χ3v) is 5.26. The van der Waals surface area contributed by atoms with Gasteiger partial charge in [-0.1, -0.05) is 25.8 Å². The van der Waals surface area contributed by atoms with Gasteiger partial charge in [-0.15, -0.1) is 17.9 Å². The zero-order valence-corrected chi connectivity index (χ0v) is 12.3. The molecule has 0 aromatic carbocycles. The highest BCUT2D eigenvalue weighted by atomic mass is 32.1. The number of thiophene rings is 1. The Morgan fingerprint density at radius 3 is 3.00 bits per heavy atom. The van der Waals surface area contributed by atoms with Gasteiger partial charge in [-0.05, 0) is 43.2 Å². The largest absolute Gasteiger partial charge is 0.481 e. The van der Waals surface area contributed by atoms with E-state index in [0.717, 1.165) is 24.8 Å². The van der Waals surface area contributed by atoms with E-state index in [1.165, 1.54) is 29.0 Å². The number of fused-ring (bicyclic) bond motifs is 1. The molecule has 2 unspecified atom stereocenters. The van der Waals surface area contributed by atoms with Crippen LogP contribution < -0.4 is 0 Å². The smallest absolute Gasteiger partial charge is 0.311 e. The van der Waals surface area contributed by atoms with Crippen LogP contribution in [-0.4, -0.2) is 11.1 Å². The minimum absolute atomic E-state index is 0.295. The monoisotopic (exact) mass is 278 g/mol. The van der Waals surface area contributed by atoms with Crippen molar-refractivity contribution < 1.29 is 9.90 Å². The molecule has 1 aliphatic rings. The second-order valence-electron chi connectivity index (χ2n) is 5.34. The molecular formula is C16H22O2S. The second kappa shape index (κ2) is 6.38. The fraction of sp³-hybridized carbons (Fsp3) is 0.562. The predicted octanol–water partition coefficient (Wildman–Crippen LogP) is 4.71. The summed E-state index contributed by atoms with van der Waals surface area (Å²) in [5.41, 5.74) is 1.08. The van der Waals surface area contributed by atoms with Crippen molar-refractivity contribution in [1.29, 1.82) is 0 Å². The van der Waals surface area contributed by atoms with E-state index in [9.17, 15) is 9.90 Å². The summed E-state index contributed by atoms with van der Waals surface area (Å²) < 4.78 is 0. The van der Waals surface area contributed by atoms with Crippen molar-refractivity contribution in [3.63, 3.8) is 0 Å². The first-order valence-corrected chi connectivity index (χ1v) is 7.95. The molecule has 3 heteroatoms. The van der Waals surface area contributed by atoms with Crippen molar-refractivity contribution in [1.82, 2.24) is 0 Å². The van der Waals surface area contributed by atoms with E-state index in [2.05, 4.69) is 19.6 Å². The molecule has 0 bridgehead atoms. The third kappa shape index (κ3) is 3.08. The molecule has 19 heavy (non-hydrogen) atoms. The number of rotatable bonds is 7. The number of carboxylic acid groups (broad SMARTS) is 1. The van der Waals surface area contributed by atoms with E-state index < -0.39 is 5.97 Å². The highest BCUT2D eigenvalue weighted by Gasteiger charge is 2.36. The number of allylic oxidation sites excluding steroid dienone is 1. The number of aryl methyl sites for hydroxylation is 1. The molecule has 0 aliphatic heterocycles. The van der Waals surface area contributed by atoms with E-state index >= 15 is 0 Å². The maximum Gasteiger partial charge on any atom is 0.311 e. The summed E-state index contributed by atoms with van der Waals surface area (Å²) in [5.74, 6) is -0.597. The number of hydrogen-bond acceptors (Lipinski definition) is 2. The quantitative estimate of drug-likeness (QED) is 0.579. The summed E-state index contributed by atoms with van der Waals surface area (Å²) in [4.78, 5) is 14.0. The molecule has 1 aromatic rings. The summed E-state index contributed by atoms with van der Waals surface area (Å²) in [6, 6.07) is 2.15. The lowest BCUT2D eigenvalue weighted by Gasteiger charge is -2.07. The average molecular weight is 278 g/mol. The Labute approximate surface area is 119 Å². The Balaban J connectivity index is 2.17. The van der Waals surface area contributed by atoms with Gasteiger partial charge in [-0.25, -0.2) is 0 Å². The van der Waals surface area contributed by atoms with Crippen LogP contribution in [0.5, 0.6) is 0 Å². The number of hydrogen-bond donors (Lipinski definition) is 1. The van der Waals surface area contributed by atoms with Gasteiger partial charge in [-0.3, -0.25) is 4.79 Å². The Morgan fingerprint density at radius 2 is 2.37 bits per heavy atom. The van der Waals surface area contributed by atoms with Crippen LogP contribution in [-0.2, 0) is 11.2 Å². The van der Waals surface area contributed by atoms with Crippen LogP contribution in [0.15, 0.2) is 18.7 Å². The van der Waals surface area contributed by atoms with Crippen molar-refractivity contribution in [2.75, 3.05) is 0 Å². The molecule has 2 rings (SSSR count). The Kier molecular flexibility index (Phi) is 4.81. The Morgan fingerprint density at radius 1 is 1.58 bits per heavy atom. The topological polar surface area (TPSA) is 37.3 Å². The summed E-state index contributed by atoms with van der Waals surface area (Å²) >= 11 is 1.83. The highest BCUT2D eigenvalue weighted by Crippen LogP contribution is 2.48. The number of carboxylic acids is 1. The first kappa shape index (κ1) is 14.3. The number of unbranched alkanes of at least 4 members (excludes halogenated alkanes) is 2. The standard InChI is InChI=1S/C16H22O2S/c1-3-5-6-8-12-10-13-14(16(17)18)9-11(7-4-2)15(13)19-12/h4,10-11,14H,2-3,5-9H2,1H3,(H,17,18). The fourth-order valence-electron chi connectivity index (χ4n) is 2.89. The van der Waals surface area contributed by atoms with E-state index in [-0.39, 0.29) is 5.92 Å². The zero-order chi connectivity index (χ0) is 13.8. The van der Waals surface area contributed by atoms with Crippen molar-refractivity contribution >= 4 is 17.3 Å². The summed E-state index contributed by atoms with van der Waals surface area (Å²) in [6.45, 7) is 6.00. The normalized spacial score (nSPS) is 21.3. The van der Waals surface area contributed by atoms with Gasteiger partial charge < -0.3 is 5.11 Å². The molecular weight excluding hydrogens is 256 g/mol. The van der Waals surface area contributed by atoms with Gasteiger partial charge in [0.15, 0.2) is 0 Å². The van der Waals surface area contributed by atoms with Crippen LogP contribution in [0.3, 0.4) is 0 Å². The molecule has 1 aliphatic carbocycles. The van der Waals surface area contributed by atoms with Crippen LogP contribution in [0.2, 0.25) is 0 Å². The fourth-order valence-corrected chi connectivity index (χ4v) is 4.29. The van der Waals surface area contributed by atoms with Crippen LogP contribution in [0, 0.1) is 0 Å². The molecule has 2 atom stereocenters. The molecule has 2 nitrogen and oxygen atoms in total. The van der Waals surface area contributed by atoms with Crippen molar-refractivity contribution in [2.24, 2.45) is 0 Å². The SMILES string of the molecule is C=CCC1CC(C(=O)O)c2cc(CCCCC)sc21. The molecule has 0 amide bonds. The zero-order valence-electron chi connectivity index (χ0n) is 11.5. The van der Waals surface area contributed by atoms with E-state index in [1.54, 1.807) is 0 Å². The molecule has 1 N–H and O–H groups in total. The van der Waals surface area contributed by atoms with E-state index in [0.29, 0.717) is 5.92 Å². The number of aliphatic carboxylic acids is 1. The molecule has 104 valence electrons. The third-order valence-electron chi connectivity index (χ3n) is 3.88. The summed E-state index contributed by atoms with van der Waals surface area (Å²) in [7, 11) is 0. The lowest BCUT2D eigenvalue weighted by molar-refractivity contribution is -0.138. The van der Waals surface area contributed by atoms with Gasteiger partial charge in [-0.2, -0.15) is 0 Å². The predicted molar refractivity (Wildman–Crippen MR) is 80.1 cm³/mol. The number of carbonyl (C=O) groups is 1. The van der Waals surface area contributed by atoms with Gasteiger partial charge in [0.1, 0.15) is 0 Å². The van der Waals surface area contributed by atoms with Crippen LogP contribution in [0.25, 0.3) is 0 Å². The van der Waals surface area contributed by atoms with E-state index in [1.807, 2.05) is 17.4 Å². The summed E-state index contributed by atoms with van der Waals surface area (Å²) in [6.07, 6.45) is 8.33. The Hall–Kier alpha value is -1.09. The van der Waals surface area contributed by atoms with Gasteiger partial charge in [0.05, 0.1) is 5.92 Å². The first-order valence-electron chi connectivity index (χ1n) is 7.13. The lowest BCUT2D eigenvalue weighted by atomic mass is 10.00. The van der Waals surface area contributed by atoms with Crippen LogP contribution in [0.1, 0.15) is 66.2 Å². The first-order chi connectivity index (χ1) is 9.17. The average Bonchev–Trinajstić information content (AvgIpc) is 2.90. The molecule has 0 radical (unpaired) electrons. The van der Waals surface area contributed by atoms with Crippen molar-refractivity contribution in [2.45, 2.75) is 57.3 Å². The molecule has 0 spiro atoms. The summed E-state index contributed by atoms with van der Waals surface area (Å²) in [5, 5.41) is 9.35. The lowest BCUT2D eigenvalue weighted by Crippen LogP contribution is -2.08. The molecule has 1 aromatic heterocycles. The van der Waals surface area contributed by atoms with Gasteiger partial charge in [0, 0.05) is 9.75 Å². The molecule has 1 heterocycles. The molecule has 0 saturated carbocycles. The molecule has 0 saturated heterocycles. The maximum absolute atomic E-state index is 11.4. The van der Waals surface area contributed by atoms with Crippen LogP contribution in [0.4, 0.5) is 0 Å². The minimum atomic E-state index is -0.675. The highest BCUT2D eigenvalue weighted by molar-refractivity contribution is 7.12. The maximum atomic E-state index is 11.4. The minimum Gasteiger partial charge on any atom is -0.481 e. The van der Waals surface area contributed by atoms with Gasteiger partial charge in [0.2, 0.25) is 0 Å². The van der Waals surface area contributed by atoms with Gasteiger partial charge in [0.25, 0.3) is 0 Å².